The van der Waals surface area contributed by atoms with Crippen molar-refractivity contribution < 1.29 is 14.7 Å². The molecular formula is C14H6Br2Cl2INO3. The Morgan fingerprint density at radius 1 is 1.04 bits per heavy atom. The summed E-state index contributed by atoms with van der Waals surface area (Å²) >= 11 is 20.6. The van der Waals surface area contributed by atoms with E-state index in [0.29, 0.717) is 9.13 Å². The lowest BCUT2D eigenvalue weighted by Crippen LogP contribution is -2.15. The highest BCUT2D eigenvalue weighted by atomic mass is 127. The maximum absolute atomic E-state index is 12.5. The minimum absolute atomic E-state index is 0.000259. The number of halogens is 5. The number of aromatic carboxylic acids is 1. The van der Waals surface area contributed by atoms with Gasteiger partial charge in [-0.25, -0.2) is 4.79 Å². The monoisotopic (exact) mass is 591 g/mol. The zero-order valence-corrected chi connectivity index (χ0v) is 17.8. The minimum atomic E-state index is -1.21. The number of hydrogen-bond donors (Lipinski definition) is 2. The predicted molar refractivity (Wildman–Crippen MR) is 106 cm³/mol. The van der Waals surface area contributed by atoms with Crippen LogP contribution >= 0.6 is 77.7 Å². The number of carbonyl (C=O) groups excluding carboxylic acids is 1. The minimum Gasteiger partial charge on any atom is -0.478 e. The molecule has 0 fully saturated rings. The number of carbonyl (C=O) groups is 2. The lowest BCUT2D eigenvalue weighted by Gasteiger charge is -2.11. The predicted octanol–water partition coefficient (Wildman–Crippen LogP) is 6.07. The van der Waals surface area contributed by atoms with E-state index in [-0.39, 0.29) is 21.3 Å². The number of nitrogens with one attached hydrogen (secondary N) is 1. The maximum atomic E-state index is 12.5. The summed E-state index contributed by atoms with van der Waals surface area (Å²) < 4.78 is 2.20. The molecule has 0 saturated carbocycles. The molecule has 0 saturated heterocycles. The quantitative estimate of drug-likeness (QED) is 0.335. The molecule has 2 rings (SSSR count). The number of carboxylic acids is 1. The summed E-state index contributed by atoms with van der Waals surface area (Å²) in [6, 6.07) is 5.98. The molecule has 2 aromatic rings. The van der Waals surface area contributed by atoms with Crippen LogP contribution < -0.4 is 5.32 Å². The molecule has 0 aliphatic heterocycles. The average molecular weight is 594 g/mol. The van der Waals surface area contributed by atoms with Crippen LogP contribution in [0.5, 0.6) is 0 Å². The Balaban J connectivity index is 2.42. The molecule has 1 amide bonds. The molecule has 0 heterocycles. The smallest absolute Gasteiger partial charge is 0.337 e. The van der Waals surface area contributed by atoms with Gasteiger partial charge in [-0.2, -0.15) is 0 Å². The summed E-state index contributed by atoms with van der Waals surface area (Å²) in [5.41, 5.74) is 0.441. The van der Waals surface area contributed by atoms with E-state index in [4.69, 9.17) is 28.3 Å². The Morgan fingerprint density at radius 3 is 2.30 bits per heavy atom. The van der Waals surface area contributed by atoms with Gasteiger partial charge >= 0.3 is 5.97 Å². The first kappa shape index (κ1) is 19.0. The van der Waals surface area contributed by atoms with Crippen LogP contribution in [-0.4, -0.2) is 17.0 Å². The number of carboxylic acid groups (broad SMARTS) is 1. The maximum Gasteiger partial charge on any atom is 0.337 e. The first-order chi connectivity index (χ1) is 10.7. The Hall–Kier alpha value is -0.350. The summed E-state index contributed by atoms with van der Waals surface area (Å²) in [6.45, 7) is 0. The SMILES string of the molecule is O=C(O)c1cc(NC(=O)c2cc(Br)cc(Br)c2I)c(Cl)cc1Cl. The van der Waals surface area contributed by atoms with Gasteiger partial charge < -0.3 is 10.4 Å². The molecule has 0 spiro atoms. The van der Waals surface area contributed by atoms with Gasteiger partial charge in [-0.15, -0.1) is 0 Å². The second-order valence-electron chi connectivity index (χ2n) is 4.32. The van der Waals surface area contributed by atoms with Gasteiger partial charge in [0.2, 0.25) is 0 Å². The van der Waals surface area contributed by atoms with Crippen LogP contribution in [0.3, 0.4) is 0 Å². The molecule has 0 aliphatic rings. The molecule has 0 unspecified atom stereocenters. The van der Waals surface area contributed by atoms with Gasteiger partial charge in [0.1, 0.15) is 0 Å². The molecule has 0 radical (unpaired) electrons. The van der Waals surface area contributed by atoms with E-state index in [9.17, 15) is 9.59 Å². The number of hydrogen-bond acceptors (Lipinski definition) is 2. The summed E-state index contributed by atoms with van der Waals surface area (Å²) in [6.07, 6.45) is 0. The van der Waals surface area contributed by atoms with Crippen LogP contribution in [0, 0.1) is 3.57 Å². The fourth-order valence-electron chi connectivity index (χ4n) is 1.72. The van der Waals surface area contributed by atoms with E-state index in [1.807, 2.05) is 28.7 Å². The van der Waals surface area contributed by atoms with Gasteiger partial charge in [0.25, 0.3) is 5.91 Å². The number of benzene rings is 2. The van der Waals surface area contributed by atoms with Crippen molar-refractivity contribution in [2.45, 2.75) is 0 Å². The molecule has 120 valence electrons. The molecule has 2 aromatic carbocycles. The first-order valence-electron chi connectivity index (χ1n) is 5.89. The lowest BCUT2D eigenvalue weighted by molar-refractivity contribution is 0.0696. The summed E-state index contributed by atoms with van der Waals surface area (Å²) in [5, 5.41) is 11.9. The van der Waals surface area contributed by atoms with E-state index >= 15 is 0 Å². The standard InChI is InChI=1S/C14H6Br2Cl2INO3/c15-5-1-7(12(19)8(16)2-5)13(21)20-11-3-6(14(22)23)9(17)4-10(11)18/h1-4H,(H,20,21)(H,22,23). The highest BCUT2D eigenvalue weighted by Crippen LogP contribution is 2.31. The molecule has 9 heteroatoms. The van der Waals surface area contributed by atoms with Crippen molar-refractivity contribution >= 4 is 95.2 Å². The van der Waals surface area contributed by atoms with Crippen LogP contribution in [0.1, 0.15) is 20.7 Å². The van der Waals surface area contributed by atoms with Gasteiger partial charge in [0.05, 0.1) is 26.9 Å². The van der Waals surface area contributed by atoms with Gasteiger partial charge in [-0.1, -0.05) is 39.1 Å². The van der Waals surface area contributed by atoms with E-state index in [1.54, 1.807) is 6.07 Å². The van der Waals surface area contributed by atoms with Crippen molar-refractivity contribution in [3.63, 3.8) is 0 Å². The van der Waals surface area contributed by atoms with E-state index in [0.717, 1.165) is 8.95 Å². The Morgan fingerprint density at radius 2 is 1.70 bits per heavy atom. The molecule has 0 aromatic heterocycles. The Kier molecular flexibility index (Phi) is 6.35. The number of anilines is 1. The van der Waals surface area contributed by atoms with Crippen molar-refractivity contribution in [1.82, 2.24) is 0 Å². The van der Waals surface area contributed by atoms with E-state index < -0.39 is 11.9 Å². The fraction of sp³-hybridized carbons (Fsp3) is 0. The van der Waals surface area contributed by atoms with Crippen LogP contribution in [-0.2, 0) is 0 Å². The summed E-state index contributed by atoms with van der Waals surface area (Å²) in [4.78, 5) is 23.6. The van der Waals surface area contributed by atoms with Crippen molar-refractivity contribution in [3.8, 4) is 0 Å². The van der Waals surface area contributed by atoms with Gasteiger partial charge in [0, 0.05) is 12.5 Å². The Bertz CT molecular complexity index is 830. The Labute approximate surface area is 171 Å². The van der Waals surface area contributed by atoms with Crippen molar-refractivity contribution in [3.05, 3.63) is 58.0 Å². The first-order valence-corrected chi connectivity index (χ1v) is 9.31. The van der Waals surface area contributed by atoms with Gasteiger partial charge in [0.15, 0.2) is 0 Å². The van der Waals surface area contributed by atoms with E-state index in [2.05, 4.69) is 37.2 Å². The molecule has 0 bridgehead atoms. The third kappa shape index (κ3) is 4.39. The zero-order valence-electron chi connectivity index (χ0n) is 11.0. The third-order valence-corrected chi connectivity index (χ3v) is 6.39. The average Bonchev–Trinajstić information content (AvgIpc) is 2.45. The molecule has 2 N–H and O–H groups in total. The summed E-state index contributed by atoms with van der Waals surface area (Å²) in [5.74, 6) is -1.63. The van der Waals surface area contributed by atoms with Crippen LogP contribution in [0.15, 0.2) is 33.2 Å². The number of rotatable bonds is 3. The lowest BCUT2D eigenvalue weighted by atomic mass is 10.1. The topological polar surface area (TPSA) is 66.4 Å². The van der Waals surface area contributed by atoms with Crippen LogP contribution in [0.2, 0.25) is 10.0 Å². The molecule has 0 aliphatic carbocycles. The highest BCUT2D eigenvalue weighted by Gasteiger charge is 2.18. The largest absolute Gasteiger partial charge is 0.478 e. The third-order valence-electron chi connectivity index (χ3n) is 2.77. The normalized spacial score (nSPS) is 10.5. The molecule has 23 heavy (non-hydrogen) atoms. The molecule has 4 nitrogen and oxygen atoms in total. The van der Waals surface area contributed by atoms with E-state index in [1.165, 1.54) is 12.1 Å². The van der Waals surface area contributed by atoms with Crippen molar-refractivity contribution in [1.29, 1.82) is 0 Å². The summed E-state index contributed by atoms with van der Waals surface area (Å²) in [7, 11) is 0. The molecule has 0 atom stereocenters. The fourth-order valence-corrected chi connectivity index (χ4v) is 4.01. The van der Waals surface area contributed by atoms with Gasteiger partial charge in [-0.3, -0.25) is 4.79 Å². The molecular weight excluding hydrogens is 588 g/mol. The van der Waals surface area contributed by atoms with Crippen molar-refractivity contribution in [2.24, 2.45) is 0 Å². The van der Waals surface area contributed by atoms with Crippen molar-refractivity contribution in [2.75, 3.05) is 5.32 Å². The second kappa shape index (κ2) is 7.69. The zero-order chi connectivity index (χ0) is 17.3. The van der Waals surface area contributed by atoms with Crippen LogP contribution in [0.25, 0.3) is 0 Å². The highest BCUT2D eigenvalue weighted by molar-refractivity contribution is 14.1. The number of amides is 1. The van der Waals surface area contributed by atoms with Crippen LogP contribution in [0.4, 0.5) is 5.69 Å². The second-order valence-corrected chi connectivity index (χ2v) is 7.98. The van der Waals surface area contributed by atoms with Gasteiger partial charge in [-0.05, 0) is 62.8 Å².